The van der Waals surface area contributed by atoms with Gasteiger partial charge in [0.25, 0.3) is 0 Å². The molecule has 0 aliphatic rings. The Morgan fingerprint density at radius 3 is 2.78 bits per heavy atom. The molecule has 0 spiro atoms. The fourth-order valence-electron chi connectivity index (χ4n) is 0.522. The lowest BCUT2D eigenvalue weighted by Gasteiger charge is -1.86. The highest BCUT2D eigenvalue weighted by Gasteiger charge is 2.04. The molecule has 1 atom stereocenters. The van der Waals surface area contributed by atoms with Gasteiger partial charge < -0.3 is 9.54 Å². The average Bonchev–Trinajstić information content (AvgIpc) is 2.13. The van der Waals surface area contributed by atoms with Crippen molar-refractivity contribution in [2.24, 2.45) is 0 Å². The molecule has 0 aliphatic heterocycles. The Morgan fingerprint density at radius 1 is 1.89 bits per heavy atom. The van der Waals surface area contributed by atoms with Crippen LogP contribution in [0.4, 0.5) is 0 Å². The topological polar surface area (TPSA) is 66.0 Å². The number of rotatable bonds is 1. The van der Waals surface area contributed by atoms with Crippen LogP contribution >= 0.6 is 0 Å². The molecule has 0 saturated carbocycles. The minimum atomic E-state index is -1.95. The van der Waals surface area contributed by atoms with Crippen molar-refractivity contribution in [2.45, 2.75) is 11.9 Å². The van der Waals surface area contributed by atoms with Crippen LogP contribution in [0.3, 0.4) is 0 Å². The second-order valence-electron chi connectivity index (χ2n) is 1.58. The predicted octanol–water partition coefficient (Wildman–Crippen LogP) is 0.299. The zero-order chi connectivity index (χ0) is 6.85. The summed E-state index contributed by atoms with van der Waals surface area (Å²) in [6.07, 6.45) is 1.39. The average molecular weight is 146 g/mol. The Kier molecular flexibility index (Phi) is 1.63. The van der Waals surface area contributed by atoms with Gasteiger partial charge in [-0.2, -0.15) is 0 Å². The molecule has 50 valence electrons. The molecule has 1 rings (SSSR count). The number of nitrogens with zero attached hydrogens (tertiary/aromatic N) is 1. The molecule has 2 N–H and O–H groups in total. The number of H-pyrrole nitrogens is 1. The van der Waals surface area contributed by atoms with Gasteiger partial charge in [0.2, 0.25) is 11.1 Å². The number of aromatic nitrogens is 2. The standard InChI is InChI=1S/C4H6N2O2S/c1-3-4(9(7)8)6-2-5-3/h2H,1H3,(H,5,6)(H,7,8). The summed E-state index contributed by atoms with van der Waals surface area (Å²) in [7, 11) is 0. The highest BCUT2D eigenvalue weighted by Crippen LogP contribution is 2.02. The fourth-order valence-corrected chi connectivity index (χ4v) is 0.986. The summed E-state index contributed by atoms with van der Waals surface area (Å²) in [5.74, 6) is 0. The quantitative estimate of drug-likeness (QED) is 0.560. The van der Waals surface area contributed by atoms with Crippen molar-refractivity contribution in [1.82, 2.24) is 9.97 Å². The van der Waals surface area contributed by atoms with Crippen molar-refractivity contribution >= 4 is 11.1 Å². The van der Waals surface area contributed by atoms with Gasteiger partial charge in [-0.05, 0) is 6.92 Å². The summed E-state index contributed by atoms with van der Waals surface area (Å²) in [5.41, 5.74) is 0.635. The number of aryl methyl sites for hydroxylation is 1. The van der Waals surface area contributed by atoms with Crippen molar-refractivity contribution in [3.63, 3.8) is 0 Å². The van der Waals surface area contributed by atoms with E-state index in [1.54, 1.807) is 6.92 Å². The molecule has 1 aromatic heterocycles. The van der Waals surface area contributed by atoms with Crippen LogP contribution in [0.1, 0.15) is 5.69 Å². The Bertz CT molecular complexity index is 232. The Balaban J connectivity index is 3.08. The minimum Gasteiger partial charge on any atom is -0.348 e. The third-order valence-electron chi connectivity index (χ3n) is 0.949. The van der Waals surface area contributed by atoms with Crippen LogP contribution < -0.4 is 0 Å². The molecule has 0 radical (unpaired) electrons. The van der Waals surface area contributed by atoms with E-state index in [4.69, 9.17) is 4.55 Å². The van der Waals surface area contributed by atoms with E-state index in [1.807, 2.05) is 0 Å². The summed E-state index contributed by atoms with van der Waals surface area (Å²) in [6, 6.07) is 0. The number of hydrogen-bond acceptors (Lipinski definition) is 2. The van der Waals surface area contributed by atoms with Gasteiger partial charge in [-0.15, -0.1) is 0 Å². The summed E-state index contributed by atoms with van der Waals surface area (Å²) < 4.78 is 18.8. The van der Waals surface area contributed by atoms with E-state index in [9.17, 15) is 4.21 Å². The molecule has 9 heavy (non-hydrogen) atoms. The number of imidazole rings is 1. The van der Waals surface area contributed by atoms with Crippen LogP contribution in [0.15, 0.2) is 11.4 Å². The van der Waals surface area contributed by atoms with Gasteiger partial charge in [-0.25, -0.2) is 9.19 Å². The van der Waals surface area contributed by atoms with Gasteiger partial charge >= 0.3 is 0 Å². The molecule has 1 heterocycles. The highest BCUT2D eigenvalue weighted by atomic mass is 32.2. The molecule has 4 nitrogen and oxygen atoms in total. The molecular weight excluding hydrogens is 140 g/mol. The Labute approximate surface area is 54.6 Å². The largest absolute Gasteiger partial charge is 0.348 e. The first kappa shape index (κ1) is 6.44. The summed E-state index contributed by atoms with van der Waals surface area (Å²) in [5, 5.41) is 0.204. The first-order valence-electron chi connectivity index (χ1n) is 2.32. The zero-order valence-electron chi connectivity index (χ0n) is 4.79. The molecule has 0 aliphatic carbocycles. The number of hydrogen-bond donors (Lipinski definition) is 2. The van der Waals surface area contributed by atoms with Crippen molar-refractivity contribution < 1.29 is 8.76 Å². The lowest BCUT2D eigenvalue weighted by atomic mass is 10.6. The SMILES string of the molecule is Cc1[nH]cnc1S(=O)O. The van der Waals surface area contributed by atoms with Crippen LogP contribution in [0.5, 0.6) is 0 Å². The number of aromatic amines is 1. The van der Waals surface area contributed by atoms with E-state index in [0.717, 1.165) is 0 Å². The number of nitrogens with one attached hydrogen (secondary N) is 1. The monoisotopic (exact) mass is 146 g/mol. The van der Waals surface area contributed by atoms with Gasteiger partial charge in [0.1, 0.15) is 0 Å². The normalized spacial score (nSPS) is 13.6. The Morgan fingerprint density at radius 2 is 2.56 bits per heavy atom. The van der Waals surface area contributed by atoms with Gasteiger partial charge in [-0.1, -0.05) is 0 Å². The first-order valence-corrected chi connectivity index (χ1v) is 3.43. The van der Waals surface area contributed by atoms with E-state index < -0.39 is 11.1 Å². The summed E-state index contributed by atoms with van der Waals surface area (Å²) >= 11 is -1.95. The first-order chi connectivity index (χ1) is 4.22. The lowest BCUT2D eigenvalue weighted by molar-refractivity contribution is 0.560. The van der Waals surface area contributed by atoms with Gasteiger partial charge in [0.15, 0.2) is 5.03 Å². The van der Waals surface area contributed by atoms with E-state index in [-0.39, 0.29) is 5.03 Å². The third kappa shape index (κ3) is 1.17. The fraction of sp³-hybridized carbons (Fsp3) is 0.250. The third-order valence-corrected chi connectivity index (χ3v) is 1.69. The van der Waals surface area contributed by atoms with E-state index in [0.29, 0.717) is 5.69 Å². The van der Waals surface area contributed by atoms with Crippen LogP contribution in [0.25, 0.3) is 0 Å². The van der Waals surface area contributed by atoms with Gasteiger partial charge in [0.05, 0.1) is 12.0 Å². The van der Waals surface area contributed by atoms with Crippen molar-refractivity contribution in [1.29, 1.82) is 0 Å². The lowest BCUT2D eigenvalue weighted by Crippen LogP contribution is -1.90. The molecule has 1 unspecified atom stereocenters. The Hall–Kier alpha value is -0.680. The highest BCUT2D eigenvalue weighted by molar-refractivity contribution is 7.79. The molecule has 0 fully saturated rings. The molecule has 0 saturated heterocycles. The van der Waals surface area contributed by atoms with Gasteiger partial charge in [0, 0.05) is 0 Å². The minimum absolute atomic E-state index is 0.204. The molecule has 1 aromatic rings. The molecule has 5 heteroatoms. The van der Waals surface area contributed by atoms with E-state index in [2.05, 4.69) is 9.97 Å². The summed E-state index contributed by atoms with van der Waals surface area (Å²) in [4.78, 5) is 6.30. The van der Waals surface area contributed by atoms with Crippen LogP contribution in [-0.4, -0.2) is 18.7 Å². The van der Waals surface area contributed by atoms with Crippen molar-refractivity contribution in [3.05, 3.63) is 12.0 Å². The van der Waals surface area contributed by atoms with Crippen molar-refractivity contribution in [3.8, 4) is 0 Å². The second kappa shape index (κ2) is 2.28. The smallest absolute Gasteiger partial charge is 0.207 e. The van der Waals surface area contributed by atoms with Crippen LogP contribution in [0, 0.1) is 6.92 Å². The van der Waals surface area contributed by atoms with Gasteiger partial charge in [-0.3, -0.25) is 0 Å². The van der Waals surface area contributed by atoms with Crippen LogP contribution in [-0.2, 0) is 11.1 Å². The van der Waals surface area contributed by atoms with E-state index in [1.165, 1.54) is 6.33 Å². The predicted molar refractivity (Wildman–Crippen MR) is 32.4 cm³/mol. The molecular formula is C4H6N2O2S. The zero-order valence-corrected chi connectivity index (χ0v) is 5.60. The van der Waals surface area contributed by atoms with Crippen LogP contribution in [0.2, 0.25) is 0 Å². The summed E-state index contributed by atoms with van der Waals surface area (Å²) in [6.45, 7) is 1.69. The maximum absolute atomic E-state index is 10.3. The van der Waals surface area contributed by atoms with Crippen molar-refractivity contribution in [2.75, 3.05) is 0 Å². The molecule has 0 aromatic carbocycles. The molecule has 0 amide bonds. The molecule has 0 bridgehead atoms. The second-order valence-corrected chi connectivity index (χ2v) is 2.47. The van der Waals surface area contributed by atoms with E-state index >= 15 is 0 Å². The maximum atomic E-state index is 10.3. The maximum Gasteiger partial charge on any atom is 0.207 e.